The highest BCUT2D eigenvalue weighted by Gasteiger charge is 2.38. The van der Waals surface area contributed by atoms with E-state index < -0.39 is 0 Å². The monoisotopic (exact) mass is 255 g/mol. The fourth-order valence-electron chi connectivity index (χ4n) is 3.82. The Morgan fingerprint density at radius 3 is 2.68 bits per heavy atom. The van der Waals surface area contributed by atoms with Crippen LogP contribution in [0.15, 0.2) is 42.5 Å². The van der Waals surface area contributed by atoms with E-state index in [2.05, 4.69) is 54.7 Å². The van der Waals surface area contributed by atoms with E-state index in [0.717, 1.165) is 24.3 Å². The van der Waals surface area contributed by atoms with Gasteiger partial charge in [-0.05, 0) is 62.5 Å². The zero-order valence-corrected chi connectivity index (χ0v) is 11.9. The average Bonchev–Trinajstić information content (AvgIpc) is 3.07. The van der Waals surface area contributed by atoms with E-state index in [-0.39, 0.29) is 0 Å². The largest absolute Gasteiger partial charge is 0.314 e. The minimum Gasteiger partial charge on any atom is -0.314 e. The molecule has 0 heterocycles. The van der Waals surface area contributed by atoms with Crippen molar-refractivity contribution >= 4 is 0 Å². The molecule has 1 heteroatoms. The Balaban J connectivity index is 1.37. The van der Waals surface area contributed by atoms with Crippen LogP contribution in [0.2, 0.25) is 0 Å². The van der Waals surface area contributed by atoms with Crippen LogP contribution in [0.1, 0.15) is 31.7 Å². The smallest absolute Gasteiger partial charge is 0.00728 e. The number of allylic oxidation sites excluding steroid dienone is 2. The summed E-state index contributed by atoms with van der Waals surface area (Å²) in [6.07, 6.45) is 10.2. The molecular formula is C18H25N. The molecule has 2 aliphatic carbocycles. The van der Waals surface area contributed by atoms with Gasteiger partial charge in [-0.3, -0.25) is 0 Å². The number of benzene rings is 1. The van der Waals surface area contributed by atoms with Crippen LogP contribution in [0.5, 0.6) is 0 Å². The topological polar surface area (TPSA) is 12.0 Å². The van der Waals surface area contributed by atoms with E-state index in [1.165, 1.54) is 31.2 Å². The van der Waals surface area contributed by atoms with Crippen LogP contribution < -0.4 is 5.32 Å². The molecule has 102 valence electrons. The standard InChI is InChI=1S/C18H25N/c1-14(18-13-16-9-10-17(18)12-16)19-11-5-8-15-6-3-2-4-7-15/h2-4,6-7,9-10,14,16-19H,5,8,11-13H2,1H3. The van der Waals surface area contributed by atoms with E-state index in [1.807, 2.05) is 0 Å². The second kappa shape index (κ2) is 5.92. The quantitative estimate of drug-likeness (QED) is 0.602. The average molecular weight is 255 g/mol. The third kappa shape index (κ3) is 3.09. The van der Waals surface area contributed by atoms with Crippen LogP contribution in [-0.4, -0.2) is 12.6 Å². The summed E-state index contributed by atoms with van der Waals surface area (Å²) in [7, 11) is 0. The molecular weight excluding hydrogens is 230 g/mol. The van der Waals surface area contributed by atoms with E-state index in [1.54, 1.807) is 0 Å². The van der Waals surface area contributed by atoms with Gasteiger partial charge < -0.3 is 5.32 Å². The highest BCUT2D eigenvalue weighted by molar-refractivity contribution is 5.14. The van der Waals surface area contributed by atoms with Crippen molar-refractivity contribution in [2.45, 2.75) is 38.6 Å². The first-order chi connectivity index (χ1) is 9.33. The molecule has 0 saturated heterocycles. The van der Waals surface area contributed by atoms with Crippen molar-refractivity contribution in [3.8, 4) is 0 Å². The second-order valence-corrected chi connectivity index (χ2v) is 6.28. The maximum absolute atomic E-state index is 3.75. The fraction of sp³-hybridized carbons (Fsp3) is 0.556. The van der Waals surface area contributed by atoms with Crippen molar-refractivity contribution in [2.75, 3.05) is 6.54 Å². The number of hydrogen-bond donors (Lipinski definition) is 1. The Morgan fingerprint density at radius 1 is 1.16 bits per heavy atom. The van der Waals surface area contributed by atoms with Gasteiger partial charge >= 0.3 is 0 Å². The zero-order valence-electron chi connectivity index (χ0n) is 11.9. The molecule has 1 nitrogen and oxygen atoms in total. The van der Waals surface area contributed by atoms with Gasteiger partial charge in [0.25, 0.3) is 0 Å². The minimum absolute atomic E-state index is 0.677. The van der Waals surface area contributed by atoms with Crippen LogP contribution in [0.25, 0.3) is 0 Å². The number of fused-ring (bicyclic) bond motifs is 2. The summed E-state index contributed by atoms with van der Waals surface area (Å²) >= 11 is 0. The molecule has 4 unspecified atom stereocenters. The molecule has 1 N–H and O–H groups in total. The first kappa shape index (κ1) is 12.9. The van der Waals surface area contributed by atoms with E-state index >= 15 is 0 Å². The van der Waals surface area contributed by atoms with Crippen molar-refractivity contribution < 1.29 is 0 Å². The number of rotatable bonds is 6. The summed E-state index contributed by atoms with van der Waals surface area (Å²) < 4.78 is 0. The Morgan fingerprint density at radius 2 is 2.00 bits per heavy atom. The molecule has 19 heavy (non-hydrogen) atoms. The lowest BCUT2D eigenvalue weighted by atomic mass is 9.87. The molecule has 3 rings (SSSR count). The third-order valence-corrected chi connectivity index (χ3v) is 4.92. The van der Waals surface area contributed by atoms with Crippen molar-refractivity contribution in [1.82, 2.24) is 5.32 Å². The van der Waals surface area contributed by atoms with Crippen LogP contribution in [0, 0.1) is 17.8 Å². The normalized spacial score (nSPS) is 29.8. The summed E-state index contributed by atoms with van der Waals surface area (Å²) in [6, 6.07) is 11.5. The van der Waals surface area contributed by atoms with Gasteiger partial charge in [-0.15, -0.1) is 0 Å². The molecule has 2 aliphatic rings. The van der Waals surface area contributed by atoms with Gasteiger partial charge in [0.05, 0.1) is 0 Å². The predicted octanol–water partition coefficient (Wildman–Crippen LogP) is 3.81. The van der Waals surface area contributed by atoms with Gasteiger partial charge in [0, 0.05) is 6.04 Å². The van der Waals surface area contributed by atoms with Gasteiger partial charge in [0.1, 0.15) is 0 Å². The van der Waals surface area contributed by atoms with E-state index in [9.17, 15) is 0 Å². The molecule has 0 radical (unpaired) electrons. The van der Waals surface area contributed by atoms with Gasteiger partial charge in [-0.25, -0.2) is 0 Å². The molecule has 1 aromatic carbocycles. The van der Waals surface area contributed by atoms with Gasteiger partial charge in [-0.2, -0.15) is 0 Å². The summed E-state index contributed by atoms with van der Waals surface area (Å²) in [5.41, 5.74) is 1.46. The van der Waals surface area contributed by atoms with Crippen LogP contribution in [0.4, 0.5) is 0 Å². The van der Waals surface area contributed by atoms with Gasteiger partial charge in [0.2, 0.25) is 0 Å². The summed E-state index contributed by atoms with van der Waals surface area (Å²) in [6.45, 7) is 3.52. The Kier molecular flexibility index (Phi) is 4.03. The summed E-state index contributed by atoms with van der Waals surface area (Å²) in [5, 5.41) is 3.75. The van der Waals surface area contributed by atoms with Crippen molar-refractivity contribution in [1.29, 1.82) is 0 Å². The van der Waals surface area contributed by atoms with Crippen molar-refractivity contribution in [2.24, 2.45) is 17.8 Å². The van der Waals surface area contributed by atoms with Gasteiger partial charge in [0.15, 0.2) is 0 Å². The molecule has 0 amide bonds. The number of aryl methyl sites for hydroxylation is 1. The Hall–Kier alpha value is -1.08. The molecule has 0 aromatic heterocycles. The van der Waals surface area contributed by atoms with Crippen molar-refractivity contribution in [3.05, 3.63) is 48.0 Å². The molecule has 1 fully saturated rings. The Labute approximate surface area is 117 Å². The lowest BCUT2D eigenvalue weighted by molar-refractivity contribution is 0.327. The third-order valence-electron chi connectivity index (χ3n) is 4.92. The first-order valence-corrected chi connectivity index (χ1v) is 7.78. The highest BCUT2D eigenvalue weighted by Crippen LogP contribution is 2.44. The molecule has 0 aliphatic heterocycles. The molecule has 1 aromatic rings. The summed E-state index contributed by atoms with van der Waals surface area (Å²) in [5.74, 6) is 2.64. The fourth-order valence-corrected chi connectivity index (χ4v) is 3.82. The molecule has 4 atom stereocenters. The lowest BCUT2D eigenvalue weighted by Crippen LogP contribution is -2.36. The van der Waals surface area contributed by atoms with Crippen molar-refractivity contribution in [3.63, 3.8) is 0 Å². The molecule has 0 spiro atoms. The summed E-state index contributed by atoms with van der Waals surface area (Å²) in [4.78, 5) is 0. The Bertz CT molecular complexity index is 423. The minimum atomic E-state index is 0.677. The lowest BCUT2D eigenvalue weighted by Gasteiger charge is -2.26. The van der Waals surface area contributed by atoms with E-state index in [0.29, 0.717) is 6.04 Å². The number of nitrogens with one attached hydrogen (secondary N) is 1. The van der Waals surface area contributed by atoms with E-state index in [4.69, 9.17) is 0 Å². The maximum atomic E-state index is 3.75. The van der Waals surface area contributed by atoms with Crippen LogP contribution >= 0.6 is 0 Å². The van der Waals surface area contributed by atoms with Gasteiger partial charge in [-0.1, -0.05) is 42.5 Å². The predicted molar refractivity (Wildman–Crippen MR) is 81.1 cm³/mol. The van der Waals surface area contributed by atoms with Crippen LogP contribution in [0.3, 0.4) is 0 Å². The maximum Gasteiger partial charge on any atom is 0.00728 e. The highest BCUT2D eigenvalue weighted by atomic mass is 14.9. The SMILES string of the molecule is CC(NCCCc1ccccc1)C1CC2C=CC1C2. The molecule has 2 bridgehead atoms. The second-order valence-electron chi connectivity index (χ2n) is 6.28. The number of hydrogen-bond acceptors (Lipinski definition) is 1. The van der Waals surface area contributed by atoms with Crippen LogP contribution in [-0.2, 0) is 6.42 Å². The molecule has 1 saturated carbocycles. The first-order valence-electron chi connectivity index (χ1n) is 7.78. The zero-order chi connectivity index (χ0) is 13.1.